The lowest BCUT2D eigenvalue weighted by Gasteiger charge is -2.35. The fraction of sp³-hybridized carbons (Fsp3) is 0.842. The Hall–Kier alpha value is -1.67. The van der Waals surface area contributed by atoms with Gasteiger partial charge in [-0.1, -0.05) is 0 Å². The van der Waals surface area contributed by atoms with Crippen LogP contribution in [0, 0.1) is 11.8 Å². The van der Waals surface area contributed by atoms with Crippen molar-refractivity contribution >= 4 is 17.8 Å². The minimum Gasteiger partial charge on any atom is -0.466 e. The maximum absolute atomic E-state index is 13.3. The average Bonchev–Trinajstić information content (AvgIpc) is 3.08. The van der Waals surface area contributed by atoms with Crippen molar-refractivity contribution in [2.24, 2.45) is 11.8 Å². The molecule has 0 aromatic heterocycles. The molecular formula is C19H30N2O6. The number of hydrogen-bond donors (Lipinski definition) is 2. The number of likely N-dealkylation sites (tertiary alicyclic amines) is 1. The maximum atomic E-state index is 13.3. The molecule has 1 spiro atoms. The SMILES string of the molecule is CCOC(=O)[C@H]1[C@H]2C(=O)N(CCO)C(C(=O)NC(C)(C)C)C23CC[C@]1(C)O3. The number of aliphatic hydroxyl groups is 1. The number of ether oxygens (including phenoxy) is 2. The van der Waals surface area contributed by atoms with Crippen molar-refractivity contribution in [1.29, 1.82) is 0 Å². The van der Waals surface area contributed by atoms with Crippen LogP contribution in [-0.4, -0.2) is 70.3 Å². The Labute approximate surface area is 159 Å². The smallest absolute Gasteiger partial charge is 0.312 e. The molecule has 5 atom stereocenters. The highest BCUT2D eigenvalue weighted by Gasteiger charge is 2.78. The molecule has 0 aromatic carbocycles. The predicted octanol–water partition coefficient (Wildman–Crippen LogP) is 0.221. The first-order valence-corrected chi connectivity index (χ1v) is 9.61. The van der Waals surface area contributed by atoms with Gasteiger partial charge in [0.05, 0.1) is 24.7 Å². The zero-order chi connectivity index (χ0) is 20.2. The lowest BCUT2D eigenvalue weighted by atomic mass is 9.66. The Morgan fingerprint density at radius 3 is 2.59 bits per heavy atom. The molecule has 0 aromatic rings. The van der Waals surface area contributed by atoms with Crippen LogP contribution >= 0.6 is 0 Å². The van der Waals surface area contributed by atoms with Crippen LogP contribution in [0.15, 0.2) is 0 Å². The molecule has 8 heteroatoms. The molecule has 3 rings (SSSR count). The fourth-order valence-corrected chi connectivity index (χ4v) is 5.10. The number of carbonyl (C=O) groups is 3. The summed E-state index contributed by atoms with van der Waals surface area (Å²) in [5.74, 6) is -2.61. The number of nitrogens with one attached hydrogen (secondary N) is 1. The number of carbonyl (C=O) groups excluding carboxylic acids is 3. The largest absolute Gasteiger partial charge is 0.466 e. The molecule has 2 N–H and O–H groups in total. The van der Waals surface area contributed by atoms with E-state index < -0.39 is 40.6 Å². The number of β-amino-alcohol motifs (C(OH)–C–C–N with tert-alkyl or cyclic N) is 1. The van der Waals surface area contributed by atoms with Crippen molar-refractivity contribution < 1.29 is 29.0 Å². The van der Waals surface area contributed by atoms with Crippen LogP contribution in [0.4, 0.5) is 0 Å². The molecule has 0 aliphatic carbocycles. The summed E-state index contributed by atoms with van der Waals surface area (Å²) in [5.41, 5.74) is -2.37. The number of hydrogen-bond acceptors (Lipinski definition) is 6. The van der Waals surface area contributed by atoms with Gasteiger partial charge in [-0.25, -0.2) is 0 Å². The van der Waals surface area contributed by atoms with Crippen LogP contribution in [0.1, 0.15) is 47.5 Å². The molecule has 152 valence electrons. The van der Waals surface area contributed by atoms with Gasteiger partial charge in [0.2, 0.25) is 11.8 Å². The van der Waals surface area contributed by atoms with Crippen LogP contribution in [0.3, 0.4) is 0 Å². The Balaban J connectivity index is 2.04. The van der Waals surface area contributed by atoms with Crippen LogP contribution in [0.5, 0.6) is 0 Å². The van der Waals surface area contributed by atoms with E-state index in [9.17, 15) is 19.5 Å². The molecule has 3 heterocycles. The van der Waals surface area contributed by atoms with Crippen molar-refractivity contribution in [1.82, 2.24) is 10.2 Å². The normalized spacial score (nSPS) is 37.5. The van der Waals surface area contributed by atoms with Crippen LogP contribution in [-0.2, 0) is 23.9 Å². The van der Waals surface area contributed by atoms with Gasteiger partial charge in [0.15, 0.2) is 0 Å². The summed E-state index contributed by atoms with van der Waals surface area (Å²) in [7, 11) is 0. The molecule has 27 heavy (non-hydrogen) atoms. The third-order valence-corrected chi connectivity index (χ3v) is 5.90. The summed E-state index contributed by atoms with van der Waals surface area (Å²) in [6.45, 7) is 9.11. The second kappa shape index (κ2) is 6.44. The lowest BCUT2D eigenvalue weighted by molar-refractivity contribution is -0.159. The Morgan fingerprint density at radius 1 is 1.37 bits per heavy atom. The van der Waals surface area contributed by atoms with Gasteiger partial charge in [-0.15, -0.1) is 0 Å². The van der Waals surface area contributed by atoms with Gasteiger partial charge in [-0.3, -0.25) is 14.4 Å². The zero-order valence-corrected chi connectivity index (χ0v) is 16.7. The van der Waals surface area contributed by atoms with Gasteiger partial charge >= 0.3 is 5.97 Å². The van der Waals surface area contributed by atoms with Crippen molar-refractivity contribution in [2.75, 3.05) is 19.8 Å². The van der Waals surface area contributed by atoms with Gasteiger partial charge in [0, 0.05) is 12.1 Å². The van der Waals surface area contributed by atoms with Gasteiger partial charge < -0.3 is 24.8 Å². The summed E-state index contributed by atoms with van der Waals surface area (Å²) in [4.78, 5) is 40.4. The summed E-state index contributed by atoms with van der Waals surface area (Å²) < 4.78 is 11.6. The number of fused-ring (bicyclic) bond motifs is 1. The van der Waals surface area contributed by atoms with Crippen molar-refractivity contribution in [3.63, 3.8) is 0 Å². The molecule has 3 aliphatic heterocycles. The molecule has 3 fully saturated rings. The predicted molar refractivity (Wildman–Crippen MR) is 95.6 cm³/mol. The molecule has 2 amide bonds. The number of esters is 1. The Bertz CT molecular complexity index is 659. The lowest BCUT2D eigenvalue weighted by Crippen LogP contribution is -2.58. The standard InChI is InChI=1S/C19H30N2O6/c1-6-26-16(25)12-11-15(24)21(9-10-22)13(14(23)20-17(2,3)4)19(11)8-7-18(12,5)27-19/h11-13,22H,6-10H2,1-5H3,(H,20,23)/t11-,12+,13?,18-,19?/m0/s1. The van der Waals surface area contributed by atoms with Crippen molar-refractivity contribution in [3.8, 4) is 0 Å². The highest BCUT2D eigenvalue weighted by molar-refractivity contribution is 5.98. The van der Waals surface area contributed by atoms with Gasteiger partial charge in [-0.05, 0) is 47.5 Å². The van der Waals surface area contributed by atoms with E-state index in [4.69, 9.17) is 9.47 Å². The summed E-state index contributed by atoms with van der Waals surface area (Å²) in [5, 5.41) is 12.4. The highest BCUT2D eigenvalue weighted by atomic mass is 16.6. The number of rotatable bonds is 5. The highest BCUT2D eigenvalue weighted by Crippen LogP contribution is 2.63. The summed E-state index contributed by atoms with van der Waals surface area (Å²) in [6.07, 6.45) is 1.09. The fourth-order valence-electron chi connectivity index (χ4n) is 5.10. The second-order valence-corrected chi connectivity index (χ2v) is 8.97. The minimum absolute atomic E-state index is 0.0228. The van der Waals surface area contributed by atoms with E-state index in [0.717, 1.165) is 0 Å². The van der Waals surface area contributed by atoms with E-state index in [1.165, 1.54) is 4.90 Å². The van der Waals surface area contributed by atoms with E-state index in [1.807, 2.05) is 27.7 Å². The second-order valence-electron chi connectivity index (χ2n) is 8.97. The number of nitrogens with zero attached hydrogens (tertiary/aromatic N) is 1. The van der Waals surface area contributed by atoms with E-state index in [0.29, 0.717) is 12.8 Å². The molecule has 0 saturated carbocycles. The van der Waals surface area contributed by atoms with Crippen LogP contribution in [0.2, 0.25) is 0 Å². The third-order valence-electron chi connectivity index (χ3n) is 5.90. The van der Waals surface area contributed by atoms with Gasteiger partial charge in [-0.2, -0.15) is 0 Å². The van der Waals surface area contributed by atoms with Gasteiger partial charge in [0.25, 0.3) is 0 Å². The number of amides is 2. The first kappa shape index (κ1) is 20.1. The first-order valence-electron chi connectivity index (χ1n) is 9.61. The molecule has 2 unspecified atom stereocenters. The summed E-state index contributed by atoms with van der Waals surface area (Å²) in [6, 6.07) is -0.873. The van der Waals surface area contributed by atoms with E-state index in [-0.39, 0.29) is 31.6 Å². The quantitative estimate of drug-likeness (QED) is 0.659. The van der Waals surface area contributed by atoms with E-state index >= 15 is 0 Å². The molecule has 8 nitrogen and oxygen atoms in total. The maximum Gasteiger partial charge on any atom is 0.312 e. The molecule has 3 saturated heterocycles. The van der Waals surface area contributed by atoms with Crippen molar-refractivity contribution in [2.45, 2.75) is 70.2 Å². The molecular weight excluding hydrogens is 352 g/mol. The molecule has 2 bridgehead atoms. The van der Waals surface area contributed by atoms with Crippen LogP contribution < -0.4 is 5.32 Å². The van der Waals surface area contributed by atoms with Gasteiger partial charge in [0.1, 0.15) is 17.6 Å². The third kappa shape index (κ3) is 2.93. The van der Waals surface area contributed by atoms with E-state index in [1.54, 1.807) is 6.92 Å². The minimum atomic E-state index is -1.06. The van der Waals surface area contributed by atoms with Crippen molar-refractivity contribution in [3.05, 3.63) is 0 Å². The Morgan fingerprint density at radius 2 is 2.04 bits per heavy atom. The first-order chi connectivity index (χ1) is 12.5. The summed E-state index contributed by atoms with van der Waals surface area (Å²) >= 11 is 0. The Kier molecular flexibility index (Phi) is 4.79. The average molecular weight is 382 g/mol. The molecule has 0 radical (unpaired) electrons. The van der Waals surface area contributed by atoms with Crippen LogP contribution in [0.25, 0.3) is 0 Å². The molecule has 3 aliphatic rings. The number of aliphatic hydroxyl groups excluding tert-OH is 1. The topological polar surface area (TPSA) is 105 Å². The zero-order valence-electron chi connectivity index (χ0n) is 16.7. The van der Waals surface area contributed by atoms with E-state index in [2.05, 4.69) is 5.32 Å². The monoisotopic (exact) mass is 382 g/mol.